The predicted molar refractivity (Wildman–Crippen MR) is 60.3 cm³/mol. The van der Waals surface area contributed by atoms with E-state index < -0.39 is 0 Å². The van der Waals surface area contributed by atoms with Crippen LogP contribution in [0.2, 0.25) is 0 Å². The Kier molecular flexibility index (Phi) is 2.00. The van der Waals surface area contributed by atoms with Gasteiger partial charge in [-0.3, -0.25) is 0 Å². The van der Waals surface area contributed by atoms with Gasteiger partial charge >= 0.3 is 0 Å². The van der Waals surface area contributed by atoms with Gasteiger partial charge < -0.3 is 5.73 Å². The van der Waals surface area contributed by atoms with Crippen molar-refractivity contribution in [3.8, 4) is 0 Å². The number of nitrogen functional groups attached to an aromatic ring is 1. The number of hydrogen-bond acceptors (Lipinski definition) is 2. The molecule has 0 aliphatic heterocycles. The summed E-state index contributed by atoms with van der Waals surface area (Å²) in [5, 5.41) is 3.59. The third-order valence-electron chi connectivity index (χ3n) is 2.25. The van der Waals surface area contributed by atoms with Gasteiger partial charge in [-0.05, 0) is 34.4 Å². The van der Waals surface area contributed by atoms with Crippen LogP contribution in [-0.2, 0) is 0 Å². The van der Waals surface area contributed by atoms with Gasteiger partial charge in [0.1, 0.15) is 0 Å². The van der Waals surface area contributed by atoms with Gasteiger partial charge in [-0.2, -0.15) is 0 Å². The molecule has 0 bridgehead atoms. The Morgan fingerprint density at radius 2 is 2.08 bits per heavy atom. The summed E-state index contributed by atoms with van der Waals surface area (Å²) in [5.74, 6) is 0.595. The Morgan fingerprint density at radius 3 is 2.77 bits per heavy atom. The van der Waals surface area contributed by atoms with Crippen molar-refractivity contribution in [2.45, 2.75) is 19.8 Å². The third kappa shape index (κ3) is 1.42. The SMILES string of the molecule is CC(C)c1csc2cc(N)ccc12. The van der Waals surface area contributed by atoms with Gasteiger partial charge in [0.25, 0.3) is 0 Å². The van der Waals surface area contributed by atoms with Crippen molar-refractivity contribution >= 4 is 27.1 Å². The smallest absolute Gasteiger partial charge is 0.0366 e. The Bertz CT molecular complexity index is 429. The first-order valence-electron chi connectivity index (χ1n) is 4.45. The lowest BCUT2D eigenvalue weighted by atomic mass is 10.0. The second kappa shape index (κ2) is 3.04. The van der Waals surface area contributed by atoms with Crippen LogP contribution in [0.15, 0.2) is 23.6 Å². The first-order valence-corrected chi connectivity index (χ1v) is 5.33. The third-order valence-corrected chi connectivity index (χ3v) is 3.22. The van der Waals surface area contributed by atoms with Crippen LogP contribution in [0, 0.1) is 0 Å². The number of hydrogen-bond donors (Lipinski definition) is 1. The fourth-order valence-corrected chi connectivity index (χ4v) is 2.68. The first kappa shape index (κ1) is 8.57. The topological polar surface area (TPSA) is 26.0 Å². The van der Waals surface area contributed by atoms with Crippen molar-refractivity contribution in [2.75, 3.05) is 5.73 Å². The number of thiophene rings is 1. The minimum Gasteiger partial charge on any atom is -0.399 e. The van der Waals surface area contributed by atoms with Crippen molar-refractivity contribution in [2.24, 2.45) is 0 Å². The maximum Gasteiger partial charge on any atom is 0.0366 e. The molecule has 1 aromatic heterocycles. The molecular formula is C11H13NS. The molecule has 0 unspecified atom stereocenters. The Balaban J connectivity index is 2.69. The van der Waals surface area contributed by atoms with Gasteiger partial charge in [-0.25, -0.2) is 0 Å². The molecule has 68 valence electrons. The molecule has 0 radical (unpaired) electrons. The molecule has 0 aliphatic rings. The van der Waals surface area contributed by atoms with E-state index in [1.165, 1.54) is 15.6 Å². The van der Waals surface area contributed by atoms with Crippen LogP contribution in [0.25, 0.3) is 10.1 Å². The lowest BCUT2D eigenvalue weighted by Crippen LogP contribution is -1.85. The molecule has 2 rings (SSSR count). The molecule has 13 heavy (non-hydrogen) atoms. The van der Waals surface area contributed by atoms with Crippen LogP contribution in [0.4, 0.5) is 5.69 Å². The largest absolute Gasteiger partial charge is 0.399 e. The number of benzene rings is 1. The highest BCUT2D eigenvalue weighted by atomic mass is 32.1. The zero-order chi connectivity index (χ0) is 9.42. The molecule has 0 atom stereocenters. The predicted octanol–water partition coefficient (Wildman–Crippen LogP) is 3.61. The summed E-state index contributed by atoms with van der Waals surface area (Å²) >= 11 is 1.78. The summed E-state index contributed by atoms with van der Waals surface area (Å²) in [6, 6.07) is 6.14. The number of anilines is 1. The molecule has 1 nitrogen and oxygen atoms in total. The molecule has 2 aromatic rings. The summed E-state index contributed by atoms with van der Waals surface area (Å²) in [6.45, 7) is 4.44. The second-order valence-electron chi connectivity index (χ2n) is 3.60. The highest BCUT2D eigenvalue weighted by Gasteiger charge is 2.06. The van der Waals surface area contributed by atoms with Crippen molar-refractivity contribution in [3.63, 3.8) is 0 Å². The number of fused-ring (bicyclic) bond motifs is 1. The minimum absolute atomic E-state index is 0.595. The van der Waals surface area contributed by atoms with Crippen molar-refractivity contribution in [1.82, 2.24) is 0 Å². The van der Waals surface area contributed by atoms with Crippen molar-refractivity contribution in [1.29, 1.82) is 0 Å². The molecule has 1 aromatic carbocycles. The van der Waals surface area contributed by atoms with E-state index in [1.807, 2.05) is 12.1 Å². The molecule has 0 amide bonds. The summed E-state index contributed by atoms with van der Waals surface area (Å²) in [4.78, 5) is 0. The molecule has 0 spiro atoms. The average Bonchev–Trinajstić information content (AvgIpc) is 2.46. The van der Waals surface area contributed by atoms with Gasteiger partial charge in [-0.15, -0.1) is 11.3 Å². The molecule has 2 heteroatoms. The highest BCUT2D eigenvalue weighted by molar-refractivity contribution is 7.17. The highest BCUT2D eigenvalue weighted by Crippen LogP contribution is 2.32. The lowest BCUT2D eigenvalue weighted by Gasteiger charge is -2.02. The summed E-state index contributed by atoms with van der Waals surface area (Å²) < 4.78 is 1.30. The van der Waals surface area contributed by atoms with E-state index >= 15 is 0 Å². The van der Waals surface area contributed by atoms with Crippen LogP contribution in [-0.4, -0.2) is 0 Å². The van der Waals surface area contributed by atoms with Gasteiger partial charge in [0.2, 0.25) is 0 Å². The van der Waals surface area contributed by atoms with Crippen LogP contribution in [0.5, 0.6) is 0 Å². The molecule has 0 fully saturated rings. The normalized spacial score (nSPS) is 11.3. The summed E-state index contributed by atoms with van der Waals surface area (Å²) in [6.07, 6.45) is 0. The van der Waals surface area contributed by atoms with Crippen molar-refractivity contribution in [3.05, 3.63) is 29.1 Å². The lowest BCUT2D eigenvalue weighted by molar-refractivity contribution is 0.880. The summed E-state index contributed by atoms with van der Waals surface area (Å²) in [5.41, 5.74) is 8.00. The second-order valence-corrected chi connectivity index (χ2v) is 4.51. The number of nitrogens with two attached hydrogens (primary N) is 1. The minimum atomic E-state index is 0.595. The van der Waals surface area contributed by atoms with E-state index in [-0.39, 0.29) is 0 Å². The molecule has 0 aliphatic carbocycles. The molecule has 0 saturated carbocycles. The zero-order valence-corrected chi connectivity index (χ0v) is 8.69. The van der Waals surface area contributed by atoms with Crippen molar-refractivity contribution < 1.29 is 0 Å². The average molecular weight is 191 g/mol. The van der Waals surface area contributed by atoms with Gasteiger partial charge in [0.15, 0.2) is 0 Å². The Labute approximate surface area is 82.2 Å². The molecule has 0 saturated heterocycles. The first-order chi connectivity index (χ1) is 6.18. The van der Waals surface area contributed by atoms with Gasteiger partial charge in [-0.1, -0.05) is 19.9 Å². The maximum atomic E-state index is 5.72. The maximum absolute atomic E-state index is 5.72. The van der Waals surface area contributed by atoms with E-state index in [4.69, 9.17) is 5.73 Å². The fraction of sp³-hybridized carbons (Fsp3) is 0.273. The van der Waals surface area contributed by atoms with Gasteiger partial charge in [0.05, 0.1) is 0 Å². The van der Waals surface area contributed by atoms with Gasteiger partial charge in [0, 0.05) is 10.4 Å². The summed E-state index contributed by atoms with van der Waals surface area (Å²) in [7, 11) is 0. The standard InChI is InChI=1S/C11H13NS/c1-7(2)10-6-13-11-5-8(12)3-4-9(10)11/h3-7H,12H2,1-2H3. The van der Waals surface area contributed by atoms with E-state index in [1.54, 1.807) is 11.3 Å². The van der Waals surface area contributed by atoms with E-state index in [0.29, 0.717) is 5.92 Å². The van der Waals surface area contributed by atoms with Crippen LogP contribution < -0.4 is 5.73 Å². The van der Waals surface area contributed by atoms with E-state index in [2.05, 4.69) is 25.3 Å². The number of rotatable bonds is 1. The Hall–Kier alpha value is -1.02. The van der Waals surface area contributed by atoms with Crippen LogP contribution in [0.1, 0.15) is 25.3 Å². The quantitative estimate of drug-likeness (QED) is 0.685. The molecule has 2 N–H and O–H groups in total. The molecule has 1 heterocycles. The van der Waals surface area contributed by atoms with Crippen LogP contribution >= 0.6 is 11.3 Å². The fourth-order valence-electron chi connectivity index (χ4n) is 1.51. The van der Waals surface area contributed by atoms with E-state index in [0.717, 1.165) is 5.69 Å². The monoisotopic (exact) mass is 191 g/mol. The van der Waals surface area contributed by atoms with E-state index in [9.17, 15) is 0 Å². The Morgan fingerprint density at radius 1 is 1.31 bits per heavy atom. The zero-order valence-electron chi connectivity index (χ0n) is 7.87. The molecular weight excluding hydrogens is 178 g/mol. The van der Waals surface area contributed by atoms with Crippen LogP contribution in [0.3, 0.4) is 0 Å².